The fraction of sp³-hybridized carbons (Fsp3) is 0.227. The molecule has 0 amide bonds. The number of hydrogen-bond donors (Lipinski definition) is 2. The quantitative estimate of drug-likeness (QED) is 0.391. The number of aromatic amines is 1. The normalized spacial score (nSPS) is 11.4. The van der Waals surface area contributed by atoms with Crippen molar-refractivity contribution in [2.45, 2.75) is 33.1 Å². The molecule has 0 aliphatic rings. The van der Waals surface area contributed by atoms with E-state index >= 15 is 0 Å². The predicted molar refractivity (Wildman–Crippen MR) is 108 cm³/mol. The van der Waals surface area contributed by atoms with Crippen LogP contribution in [0.4, 0.5) is 0 Å². The van der Waals surface area contributed by atoms with Crippen LogP contribution in [0.2, 0.25) is 0 Å². The second kappa shape index (κ2) is 6.96. The SMILES string of the molecule is Cc1c2ccncc2c(C)c2c1[nH]c1ccc(OC(=O)CCCC(=O)O)cc12. The van der Waals surface area contributed by atoms with Crippen molar-refractivity contribution in [3.63, 3.8) is 0 Å². The number of ether oxygens (including phenoxy) is 1. The lowest BCUT2D eigenvalue weighted by Gasteiger charge is -2.08. The van der Waals surface area contributed by atoms with Gasteiger partial charge in [0.2, 0.25) is 0 Å². The number of carbonyl (C=O) groups is 2. The van der Waals surface area contributed by atoms with Crippen molar-refractivity contribution in [3.8, 4) is 5.75 Å². The van der Waals surface area contributed by atoms with Crippen LogP contribution < -0.4 is 4.74 Å². The number of carbonyl (C=O) groups excluding carboxylic acids is 1. The van der Waals surface area contributed by atoms with Crippen LogP contribution in [0.1, 0.15) is 30.4 Å². The first-order valence-electron chi connectivity index (χ1n) is 9.16. The Hall–Kier alpha value is -3.41. The second-order valence-corrected chi connectivity index (χ2v) is 6.98. The fourth-order valence-electron chi connectivity index (χ4n) is 3.76. The Bertz CT molecular complexity index is 1240. The zero-order chi connectivity index (χ0) is 19.8. The van der Waals surface area contributed by atoms with Crippen molar-refractivity contribution < 1.29 is 19.4 Å². The van der Waals surface area contributed by atoms with E-state index in [0.717, 1.165) is 43.7 Å². The van der Waals surface area contributed by atoms with Crippen LogP contribution in [0.5, 0.6) is 5.75 Å². The molecule has 0 aliphatic heterocycles. The van der Waals surface area contributed by atoms with Crippen LogP contribution in [0.25, 0.3) is 32.6 Å². The fourth-order valence-corrected chi connectivity index (χ4v) is 3.76. The lowest BCUT2D eigenvalue weighted by atomic mass is 9.97. The van der Waals surface area contributed by atoms with Crippen LogP contribution >= 0.6 is 0 Å². The molecule has 4 aromatic rings. The first-order chi connectivity index (χ1) is 13.5. The van der Waals surface area contributed by atoms with E-state index in [9.17, 15) is 9.59 Å². The molecule has 2 N–H and O–H groups in total. The number of aliphatic carboxylic acids is 1. The molecule has 0 aliphatic carbocycles. The van der Waals surface area contributed by atoms with Gasteiger partial charge in [-0.25, -0.2) is 0 Å². The number of esters is 1. The summed E-state index contributed by atoms with van der Waals surface area (Å²) in [6.07, 6.45) is 3.97. The van der Waals surface area contributed by atoms with Gasteiger partial charge in [0, 0.05) is 46.9 Å². The Balaban J connectivity index is 1.76. The van der Waals surface area contributed by atoms with E-state index in [4.69, 9.17) is 9.84 Å². The molecule has 0 atom stereocenters. The number of fused-ring (bicyclic) bond motifs is 4. The average molecular weight is 376 g/mol. The number of rotatable bonds is 5. The van der Waals surface area contributed by atoms with Crippen molar-refractivity contribution in [2.24, 2.45) is 0 Å². The van der Waals surface area contributed by atoms with Gasteiger partial charge in [0.1, 0.15) is 5.75 Å². The van der Waals surface area contributed by atoms with Gasteiger partial charge in [0.25, 0.3) is 0 Å². The molecular weight excluding hydrogens is 356 g/mol. The smallest absolute Gasteiger partial charge is 0.311 e. The Morgan fingerprint density at radius 3 is 2.68 bits per heavy atom. The van der Waals surface area contributed by atoms with Crippen LogP contribution in [-0.2, 0) is 9.59 Å². The first kappa shape index (κ1) is 18.0. The molecule has 0 saturated carbocycles. The minimum atomic E-state index is -0.916. The van der Waals surface area contributed by atoms with Crippen molar-refractivity contribution in [2.75, 3.05) is 0 Å². The second-order valence-electron chi connectivity index (χ2n) is 6.98. The van der Waals surface area contributed by atoms with Gasteiger partial charge < -0.3 is 14.8 Å². The van der Waals surface area contributed by atoms with E-state index < -0.39 is 11.9 Å². The molecule has 2 heterocycles. The minimum Gasteiger partial charge on any atom is -0.481 e. The largest absolute Gasteiger partial charge is 0.481 e. The number of benzene rings is 2. The van der Waals surface area contributed by atoms with Gasteiger partial charge in [0.15, 0.2) is 0 Å². The third-order valence-electron chi connectivity index (χ3n) is 5.15. The van der Waals surface area contributed by atoms with Gasteiger partial charge >= 0.3 is 11.9 Å². The molecule has 28 heavy (non-hydrogen) atoms. The highest BCUT2D eigenvalue weighted by atomic mass is 16.5. The van der Waals surface area contributed by atoms with E-state index in [-0.39, 0.29) is 19.3 Å². The number of aromatic nitrogens is 2. The van der Waals surface area contributed by atoms with Crippen molar-refractivity contribution in [1.82, 2.24) is 9.97 Å². The van der Waals surface area contributed by atoms with Crippen LogP contribution in [0, 0.1) is 13.8 Å². The van der Waals surface area contributed by atoms with E-state index in [1.807, 2.05) is 24.4 Å². The molecule has 6 heteroatoms. The molecule has 6 nitrogen and oxygen atoms in total. The van der Waals surface area contributed by atoms with Gasteiger partial charge in [0.05, 0.1) is 5.52 Å². The van der Waals surface area contributed by atoms with Crippen molar-refractivity contribution in [3.05, 3.63) is 47.8 Å². The number of carboxylic acids is 1. The number of pyridine rings is 1. The molecule has 0 unspecified atom stereocenters. The van der Waals surface area contributed by atoms with Crippen molar-refractivity contribution in [1.29, 1.82) is 0 Å². The maximum atomic E-state index is 12.0. The summed E-state index contributed by atoms with van der Waals surface area (Å²) in [6, 6.07) is 7.53. The first-order valence-corrected chi connectivity index (χ1v) is 9.16. The molecule has 4 rings (SSSR count). The predicted octanol–water partition coefficient (Wildman–Crippen LogP) is 4.65. The molecule has 142 valence electrons. The lowest BCUT2D eigenvalue weighted by molar-refractivity contribution is -0.137. The maximum Gasteiger partial charge on any atom is 0.311 e. The molecule has 0 bridgehead atoms. The molecule has 0 fully saturated rings. The number of hydrogen-bond acceptors (Lipinski definition) is 4. The van der Waals surface area contributed by atoms with Crippen LogP contribution in [0.3, 0.4) is 0 Å². The van der Waals surface area contributed by atoms with Crippen LogP contribution in [-0.4, -0.2) is 27.0 Å². The Kier molecular flexibility index (Phi) is 4.47. The number of H-pyrrole nitrogens is 1. The monoisotopic (exact) mass is 376 g/mol. The van der Waals surface area contributed by atoms with Gasteiger partial charge in [-0.1, -0.05) is 0 Å². The molecule has 0 saturated heterocycles. The Morgan fingerprint density at radius 1 is 1.07 bits per heavy atom. The summed E-state index contributed by atoms with van der Waals surface area (Å²) in [5.74, 6) is -0.888. The highest BCUT2D eigenvalue weighted by Gasteiger charge is 2.15. The molecule has 0 spiro atoms. The average Bonchev–Trinajstić information content (AvgIpc) is 3.05. The zero-order valence-electron chi connectivity index (χ0n) is 15.7. The third-order valence-corrected chi connectivity index (χ3v) is 5.15. The summed E-state index contributed by atoms with van der Waals surface area (Å²) >= 11 is 0. The molecular formula is C22H20N2O4. The summed E-state index contributed by atoms with van der Waals surface area (Å²) in [7, 11) is 0. The third kappa shape index (κ3) is 3.07. The van der Waals surface area contributed by atoms with Gasteiger partial charge in [-0.15, -0.1) is 0 Å². The summed E-state index contributed by atoms with van der Waals surface area (Å²) < 4.78 is 5.42. The van der Waals surface area contributed by atoms with E-state index in [1.165, 1.54) is 0 Å². The molecule has 0 radical (unpaired) electrons. The summed E-state index contributed by atoms with van der Waals surface area (Å²) in [6.45, 7) is 4.16. The van der Waals surface area contributed by atoms with Gasteiger partial charge in [-0.2, -0.15) is 0 Å². The number of nitrogens with zero attached hydrogens (tertiary/aromatic N) is 1. The lowest BCUT2D eigenvalue weighted by Crippen LogP contribution is -2.08. The number of carboxylic acid groups (broad SMARTS) is 1. The van der Waals surface area contributed by atoms with Crippen molar-refractivity contribution >= 4 is 44.5 Å². The number of aryl methyl sites for hydroxylation is 2. The van der Waals surface area contributed by atoms with Gasteiger partial charge in [-0.3, -0.25) is 14.6 Å². The van der Waals surface area contributed by atoms with E-state index in [2.05, 4.69) is 23.8 Å². The summed E-state index contributed by atoms with van der Waals surface area (Å²) in [5.41, 5.74) is 4.31. The summed E-state index contributed by atoms with van der Waals surface area (Å²) in [4.78, 5) is 30.3. The van der Waals surface area contributed by atoms with Gasteiger partial charge in [-0.05, 0) is 61.0 Å². The standard InChI is InChI=1S/C22H20N2O4/c1-12-17-11-23-9-8-15(17)13(2)22-21(12)16-10-14(6-7-18(16)24-22)28-20(27)5-3-4-19(25)26/h6-11,24H,3-5H2,1-2H3,(H,25,26). The Labute approximate surface area is 161 Å². The highest BCUT2D eigenvalue weighted by Crippen LogP contribution is 2.37. The minimum absolute atomic E-state index is 0.0455. The van der Waals surface area contributed by atoms with Crippen LogP contribution in [0.15, 0.2) is 36.7 Å². The molecule has 2 aromatic heterocycles. The van der Waals surface area contributed by atoms with E-state index in [0.29, 0.717) is 5.75 Å². The zero-order valence-corrected chi connectivity index (χ0v) is 15.7. The Morgan fingerprint density at radius 2 is 1.89 bits per heavy atom. The number of nitrogens with one attached hydrogen (secondary N) is 1. The highest BCUT2D eigenvalue weighted by molar-refractivity contribution is 6.16. The maximum absolute atomic E-state index is 12.0. The summed E-state index contributed by atoms with van der Waals surface area (Å²) in [5, 5.41) is 13.0. The topological polar surface area (TPSA) is 92.3 Å². The molecule has 2 aromatic carbocycles. The van der Waals surface area contributed by atoms with E-state index in [1.54, 1.807) is 12.3 Å².